The van der Waals surface area contributed by atoms with Gasteiger partial charge >= 0.3 is 0 Å². The molecule has 0 unspecified atom stereocenters. The zero-order chi connectivity index (χ0) is 13.4. The van der Waals surface area contributed by atoms with Crippen molar-refractivity contribution in [2.45, 2.75) is 13.3 Å². The number of carbonyl (C=O) groups is 2. The highest BCUT2D eigenvalue weighted by Gasteiger charge is 2.26. The number of fused-ring (bicyclic) bond motifs is 1. The molecule has 3 nitrogen and oxygen atoms in total. The first-order chi connectivity index (χ1) is 9.20. The quantitative estimate of drug-likeness (QED) is 0.805. The second-order valence-corrected chi connectivity index (χ2v) is 5.41. The lowest BCUT2D eigenvalue weighted by atomic mass is 10.0. The van der Waals surface area contributed by atoms with Crippen LogP contribution in [0.3, 0.4) is 0 Å². The monoisotopic (exact) mass is 271 g/mol. The van der Waals surface area contributed by atoms with Crippen LogP contribution < -0.4 is 4.90 Å². The fourth-order valence-electron chi connectivity index (χ4n) is 2.42. The Morgan fingerprint density at radius 3 is 2.89 bits per heavy atom. The fourth-order valence-corrected chi connectivity index (χ4v) is 3.11. The maximum atomic E-state index is 12.3. The molecule has 0 saturated carbocycles. The summed E-state index contributed by atoms with van der Waals surface area (Å²) in [6.45, 7) is 2.63. The van der Waals surface area contributed by atoms with Gasteiger partial charge in [0.25, 0.3) is 0 Å². The number of nitrogens with zero attached hydrogens (tertiary/aromatic N) is 1. The maximum absolute atomic E-state index is 12.3. The fraction of sp³-hybridized carbons (Fsp3) is 0.200. The van der Waals surface area contributed by atoms with E-state index in [1.807, 2.05) is 42.6 Å². The van der Waals surface area contributed by atoms with Crippen molar-refractivity contribution in [3.05, 3.63) is 51.7 Å². The zero-order valence-electron chi connectivity index (χ0n) is 10.6. The molecule has 0 fully saturated rings. The number of thiophene rings is 1. The Balaban J connectivity index is 1.98. The molecule has 1 aliphatic heterocycles. The highest BCUT2D eigenvalue weighted by Crippen LogP contribution is 2.30. The second kappa shape index (κ2) is 4.63. The molecule has 0 spiro atoms. The van der Waals surface area contributed by atoms with E-state index in [1.54, 1.807) is 4.90 Å². The minimum absolute atomic E-state index is 0.0280. The lowest BCUT2D eigenvalue weighted by Crippen LogP contribution is -2.25. The zero-order valence-corrected chi connectivity index (χ0v) is 11.4. The molecule has 1 aromatic carbocycles. The van der Waals surface area contributed by atoms with E-state index in [-0.39, 0.29) is 11.7 Å². The molecule has 96 valence electrons. The Bertz CT molecular complexity index is 646. The van der Waals surface area contributed by atoms with Crippen LogP contribution in [0.25, 0.3) is 0 Å². The minimum Gasteiger partial charge on any atom is -0.312 e. The van der Waals surface area contributed by atoms with Gasteiger partial charge in [0.2, 0.25) is 11.7 Å². The van der Waals surface area contributed by atoms with E-state index in [0.717, 1.165) is 16.1 Å². The first kappa shape index (κ1) is 12.1. The number of ketones is 1. The summed E-state index contributed by atoms with van der Waals surface area (Å²) in [5.41, 5.74) is 2.55. The number of rotatable bonds is 3. The van der Waals surface area contributed by atoms with Crippen LogP contribution in [0, 0.1) is 0 Å². The summed E-state index contributed by atoms with van der Waals surface area (Å²) >= 11 is 1.44. The molecule has 1 aromatic heterocycles. The Morgan fingerprint density at radius 2 is 2.21 bits per heavy atom. The summed E-state index contributed by atoms with van der Waals surface area (Å²) in [4.78, 5) is 26.6. The van der Waals surface area contributed by atoms with Crippen LogP contribution in [0.5, 0.6) is 0 Å². The standard InChI is InChI=1S/C15H13NO2S/c1-2-16-12-6-5-10(8-11(12)9-14(16)17)15(18)13-4-3-7-19-13/h3-8H,2,9H2,1H3. The van der Waals surface area contributed by atoms with Crippen molar-refractivity contribution in [2.24, 2.45) is 0 Å². The number of hydrogen-bond acceptors (Lipinski definition) is 3. The molecule has 2 heterocycles. The molecular weight excluding hydrogens is 258 g/mol. The molecule has 1 amide bonds. The Hall–Kier alpha value is -1.94. The van der Waals surface area contributed by atoms with E-state index in [0.29, 0.717) is 18.5 Å². The Morgan fingerprint density at radius 1 is 1.37 bits per heavy atom. The van der Waals surface area contributed by atoms with E-state index in [9.17, 15) is 9.59 Å². The van der Waals surface area contributed by atoms with Gasteiger partial charge in [-0.3, -0.25) is 9.59 Å². The van der Waals surface area contributed by atoms with Crippen molar-refractivity contribution in [3.63, 3.8) is 0 Å². The smallest absolute Gasteiger partial charge is 0.231 e. The van der Waals surface area contributed by atoms with Crippen LogP contribution in [-0.2, 0) is 11.2 Å². The minimum atomic E-state index is 0.0280. The average molecular weight is 271 g/mol. The largest absolute Gasteiger partial charge is 0.312 e. The van der Waals surface area contributed by atoms with E-state index in [1.165, 1.54) is 11.3 Å². The first-order valence-electron chi connectivity index (χ1n) is 6.22. The number of likely N-dealkylation sites (N-methyl/N-ethyl adjacent to an activating group) is 1. The van der Waals surface area contributed by atoms with Gasteiger partial charge in [0.1, 0.15) is 0 Å². The van der Waals surface area contributed by atoms with E-state index >= 15 is 0 Å². The molecule has 3 rings (SSSR count). The first-order valence-corrected chi connectivity index (χ1v) is 7.10. The normalized spacial score (nSPS) is 13.7. The summed E-state index contributed by atoms with van der Waals surface area (Å²) < 4.78 is 0. The highest BCUT2D eigenvalue weighted by molar-refractivity contribution is 7.12. The van der Waals surface area contributed by atoms with E-state index < -0.39 is 0 Å². The summed E-state index contributed by atoms with van der Waals surface area (Å²) in [7, 11) is 0. The molecule has 1 aliphatic rings. The summed E-state index contributed by atoms with van der Waals surface area (Å²) in [6.07, 6.45) is 0.398. The van der Waals surface area contributed by atoms with E-state index in [2.05, 4.69) is 0 Å². The maximum Gasteiger partial charge on any atom is 0.231 e. The van der Waals surface area contributed by atoms with Gasteiger partial charge in [-0.2, -0.15) is 0 Å². The number of amides is 1. The molecule has 0 N–H and O–H groups in total. The van der Waals surface area contributed by atoms with Crippen LogP contribution in [0.4, 0.5) is 5.69 Å². The van der Waals surface area contributed by atoms with Crippen LogP contribution in [-0.4, -0.2) is 18.2 Å². The van der Waals surface area contributed by atoms with Crippen molar-refractivity contribution in [2.75, 3.05) is 11.4 Å². The van der Waals surface area contributed by atoms with Crippen molar-refractivity contribution < 1.29 is 9.59 Å². The van der Waals surface area contributed by atoms with Gasteiger partial charge in [-0.05, 0) is 42.1 Å². The Kier molecular flexibility index (Phi) is 2.95. The van der Waals surface area contributed by atoms with Crippen LogP contribution in [0.15, 0.2) is 35.7 Å². The van der Waals surface area contributed by atoms with Crippen LogP contribution in [0.2, 0.25) is 0 Å². The Labute approximate surface area is 115 Å². The van der Waals surface area contributed by atoms with Crippen molar-refractivity contribution in [1.29, 1.82) is 0 Å². The van der Waals surface area contributed by atoms with Crippen LogP contribution in [0.1, 0.15) is 27.7 Å². The number of hydrogen-bond donors (Lipinski definition) is 0. The van der Waals surface area contributed by atoms with Crippen LogP contribution >= 0.6 is 11.3 Å². The van der Waals surface area contributed by atoms with Gasteiger partial charge < -0.3 is 4.90 Å². The summed E-state index contributed by atoms with van der Waals surface area (Å²) in [5.74, 6) is 0.137. The van der Waals surface area contributed by atoms with Crippen molar-refractivity contribution >= 4 is 28.7 Å². The number of carbonyl (C=O) groups excluding carboxylic acids is 2. The molecule has 0 atom stereocenters. The molecule has 19 heavy (non-hydrogen) atoms. The van der Waals surface area contributed by atoms with Gasteiger partial charge in [0, 0.05) is 17.8 Å². The predicted octanol–water partition coefficient (Wildman–Crippen LogP) is 2.89. The third-order valence-corrected chi connectivity index (χ3v) is 4.21. The molecule has 2 aromatic rings. The second-order valence-electron chi connectivity index (χ2n) is 4.46. The van der Waals surface area contributed by atoms with Gasteiger partial charge in [0.05, 0.1) is 11.3 Å². The number of anilines is 1. The topological polar surface area (TPSA) is 37.4 Å². The van der Waals surface area contributed by atoms with Crippen molar-refractivity contribution in [1.82, 2.24) is 0 Å². The number of benzene rings is 1. The lowest BCUT2D eigenvalue weighted by Gasteiger charge is -2.14. The average Bonchev–Trinajstić information content (AvgIpc) is 3.03. The third kappa shape index (κ3) is 1.98. The predicted molar refractivity (Wildman–Crippen MR) is 75.9 cm³/mol. The van der Waals surface area contributed by atoms with E-state index in [4.69, 9.17) is 0 Å². The van der Waals surface area contributed by atoms with Crippen molar-refractivity contribution in [3.8, 4) is 0 Å². The van der Waals surface area contributed by atoms with Gasteiger partial charge in [-0.15, -0.1) is 11.3 Å². The highest BCUT2D eigenvalue weighted by atomic mass is 32.1. The molecule has 0 aliphatic carbocycles. The summed E-state index contributed by atoms with van der Waals surface area (Å²) in [6, 6.07) is 9.23. The van der Waals surface area contributed by atoms with Gasteiger partial charge in [-0.1, -0.05) is 6.07 Å². The molecule has 4 heteroatoms. The molecule has 0 saturated heterocycles. The summed E-state index contributed by atoms with van der Waals surface area (Å²) in [5, 5.41) is 1.89. The third-order valence-electron chi connectivity index (χ3n) is 3.34. The van der Waals surface area contributed by atoms with Gasteiger partial charge in [-0.25, -0.2) is 0 Å². The molecule has 0 bridgehead atoms. The molecular formula is C15H13NO2S. The lowest BCUT2D eigenvalue weighted by molar-refractivity contribution is -0.117. The van der Waals surface area contributed by atoms with Gasteiger partial charge in [0.15, 0.2) is 0 Å². The molecule has 0 radical (unpaired) electrons. The SMILES string of the molecule is CCN1C(=O)Cc2cc(C(=O)c3cccs3)ccc21.